The summed E-state index contributed by atoms with van der Waals surface area (Å²) in [5.41, 5.74) is -0.102. The molecule has 0 saturated heterocycles. The number of halogens is 3. The van der Waals surface area contributed by atoms with E-state index in [2.05, 4.69) is 0 Å². The molecule has 0 unspecified atom stereocenters. The smallest absolute Gasteiger partial charge is 0.416 e. The quantitative estimate of drug-likeness (QED) is 0.823. The van der Waals surface area contributed by atoms with Crippen LogP contribution in [0, 0.1) is 0 Å². The van der Waals surface area contributed by atoms with Gasteiger partial charge in [-0.05, 0) is 42.3 Å². The predicted molar refractivity (Wildman–Crippen MR) is 83.1 cm³/mol. The molecular weight excluding hydrogens is 337 g/mol. The summed E-state index contributed by atoms with van der Waals surface area (Å²) >= 11 is 0. The third kappa shape index (κ3) is 2.67. The summed E-state index contributed by atoms with van der Waals surface area (Å²) in [6, 6.07) is 6.35. The Morgan fingerprint density at radius 3 is 2.32 bits per heavy atom. The van der Waals surface area contributed by atoms with E-state index in [9.17, 15) is 27.9 Å². The van der Waals surface area contributed by atoms with Crippen molar-refractivity contribution in [3.63, 3.8) is 0 Å². The molecule has 0 atom stereocenters. The average molecular weight is 348 g/mol. The van der Waals surface area contributed by atoms with E-state index in [1.54, 1.807) is 6.92 Å². The van der Waals surface area contributed by atoms with Gasteiger partial charge in [0, 0.05) is 11.1 Å². The lowest BCUT2D eigenvalue weighted by Crippen LogP contribution is -2.14. The largest absolute Gasteiger partial charge is 0.507 e. The normalized spacial score (nSPS) is 13.3. The average Bonchev–Trinajstić information content (AvgIpc) is 2.53. The van der Waals surface area contributed by atoms with Gasteiger partial charge in [-0.25, -0.2) is 4.79 Å². The van der Waals surface area contributed by atoms with Crippen molar-refractivity contribution in [2.24, 2.45) is 0 Å². The van der Waals surface area contributed by atoms with Gasteiger partial charge in [-0.3, -0.25) is 4.79 Å². The number of allylic oxidation sites excluding steroid dienone is 1. The second kappa shape index (κ2) is 5.47. The van der Waals surface area contributed by atoms with E-state index in [0.29, 0.717) is 22.8 Å². The van der Waals surface area contributed by atoms with Gasteiger partial charge in [-0.1, -0.05) is 12.1 Å². The Balaban J connectivity index is 2.03. The number of phenolic OH excluding ortho intramolecular Hbond substituents is 1. The number of carboxylic acid groups (broad SMARTS) is 1. The van der Waals surface area contributed by atoms with Crippen LogP contribution >= 0.6 is 0 Å². The molecule has 2 N–H and O–H groups in total. The number of rotatable bonds is 3. The summed E-state index contributed by atoms with van der Waals surface area (Å²) < 4.78 is 38.4. The molecule has 1 aliphatic rings. The molecule has 2 aromatic carbocycles. The highest BCUT2D eigenvalue weighted by molar-refractivity contribution is 6.30. The van der Waals surface area contributed by atoms with Gasteiger partial charge in [0.05, 0.1) is 16.7 Å². The van der Waals surface area contributed by atoms with Gasteiger partial charge in [0.25, 0.3) is 0 Å². The molecule has 128 valence electrons. The molecule has 0 aromatic heterocycles. The van der Waals surface area contributed by atoms with Crippen molar-refractivity contribution < 1.29 is 33.0 Å². The van der Waals surface area contributed by atoms with E-state index in [1.165, 1.54) is 12.1 Å². The molecule has 7 heteroatoms. The number of ketones is 1. The molecule has 25 heavy (non-hydrogen) atoms. The first-order chi connectivity index (χ1) is 11.6. The fourth-order valence-electron chi connectivity index (χ4n) is 2.83. The summed E-state index contributed by atoms with van der Waals surface area (Å²) in [5.74, 6) is -2.41. The Labute approximate surface area is 139 Å². The van der Waals surface area contributed by atoms with Crippen LogP contribution < -0.4 is 0 Å². The monoisotopic (exact) mass is 348 g/mol. The van der Waals surface area contributed by atoms with Gasteiger partial charge in [0.2, 0.25) is 0 Å². The molecule has 1 aliphatic carbocycles. The Hall–Kier alpha value is -3.09. The number of hydrogen-bond acceptors (Lipinski definition) is 3. The molecule has 3 rings (SSSR count). The molecule has 0 spiro atoms. The number of carbonyl (C=O) groups excluding carboxylic acids is 1. The van der Waals surface area contributed by atoms with Crippen molar-refractivity contribution in [1.29, 1.82) is 0 Å². The van der Waals surface area contributed by atoms with Crippen molar-refractivity contribution in [2.45, 2.75) is 13.1 Å². The third-order valence-corrected chi connectivity index (χ3v) is 4.09. The fourth-order valence-corrected chi connectivity index (χ4v) is 2.83. The summed E-state index contributed by atoms with van der Waals surface area (Å²) in [7, 11) is 0. The molecule has 0 fully saturated rings. The maximum atomic E-state index is 12.8. The number of hydrogen-bond donors (Lipinski definition) is 2. The van der Waals surface area contributed by atoms with Crippen LogP contribution in [-0.4, -0.2) is 22.0 Å². The number of aliphatic carboxylic acids is 1. The van der Waals surface area contributed by atoms with E-state index in [0.717, 1.165) is 18.2 Å². The first-order valence-corrected chi connectivity index (χ1v) is 7.15. The maximum absolute atomic E-state index is 12.8. The number of carboxylic acids is 1. The lowest BCUT2D eigenvalue weighted by molar-refractivity contribution is -0.137. The van der Waals surface area contributed by atoms with Crippen molar-refractivity contribution >= 4 is 22.9 Å². The number of benzene rings is 2. The maximum Gasteiger partial charge on any atom is 0.416 e. The Morgan fingerprint density at radius 2 is 1.72 bits per heavy atom. The zero-order valence-corrected chi connectivity index (χ0v) is 12.8. The van der Waals surface area contributed by atoms with E-state index in [4.69, 9.17) is 5.11 Å². The van der Waals surface area contributed by atoms with Gasteiger partial charge < -0.3 is 10.2 Å². The van der Waals surface area contributed by atoms with Crippen molar-refractivity contribution in [3.05, 3.63) is 64.2 Å². The van der Waals surface area contributed by atoms with Gasteiger partial charge in [0.15, 0.2) is 5.78 Å². The Bertz CT molecular complexity index is 955. The number of alkyl halides is 3. The van der Waals surface area contributed by atoms with Gasteiger partial charge in [-0.2, -0.15) is 13.2 Å². The summed E-state index contributed by atoms with van der Waals surface area (Å²) in [6.07, 6.45) is -4.59. The second-order valence-electron chi connectivity index (χ2n) is 5.63. The zero-order valence-electron chi connectivity index (χ0n) is 12.8. The molecule has 0 saturated carbocycles. The molecule has 0 heterocycles. The molecule has 2 aromatic rings. The highest BCUT2D eigenvalue weighted by Gasteiger charge is 2.33. The van der Waals surface area contributed by atoms with Crippen LogP contribution in [0.25, 0.3) is 11.1 Å². The lowest BCUT2D eigenvalue weighted by Gasteiger charge is -2.24. The highest BCUT2D eigenvalue weighted by atomic mass is 19.4. The Morgan fingerprint density at radius 1 is 1.04 bits per heavy atom. The standard InChI is InChI=1S/C18H11F3O4/c1-8-11-6-13(14(22)7-12(11)15(8)17(24)25)16(23)9-3-2-4-10(5-9)18(19,20)21/h2-7,22H,1H3,(H,24,25). The molecule has 0 amide bonds. The number of fused-ring (bicyclic) bond motifs is 1. The fraction of sp³-hybridized carbons (Fsp3) is 0.111. The van der Waals surface area contributed by atoms with Gasteiger partial charge in [-0.15, -0.1) is 0 Å². The van der Waals surface area contributed by atoms with Crippen LogP contribution in [0.1, 0.15) is 39.5 Å². The van der Waals surface area contributed by atoms with E-state index < -0.39 is 29.2 Å². The van der Waals surface area contributed by atoms with Crippen molar-refractivity contribution in [1.82, 2.24) is 0 Å². The predicted octanol–water partition coefficient (Wildman–Crippen LogP) is 3.97. The van der Waals surface area contributed by atoms with Gasteiger partial charge >= 0.3 is 12.1 Å². The first kappa shape index (κ1) is 16.8. The molecule has 4 nitrogen and oxygen atoms in total. The third-order valence-electron chi connectivity index (χ3n) is 4.09. The number of phenols is 1. The van der Waals surface area contributed by atoms with Crippen LogP contribution in [0.5, 0.6) is 5.75 Å². The lowest BCUT2D eigenvalue weighted by atomic mass is 9.79. The SMILES string of the molecule is CC1=C(C(=O)O)c2cc(O)c(C(=O)c3cccc(C(F)(F)F)c3)cc21. The van der Waals surface area contributed by atoms with Gasteiger partial charge in [0.1, 0.15) is 5.75 Å². The summed E-state index contributed by atoms with van der Waals surface area (Å²) in [6.45, 7) is 1.56. The zero-order chi connectivity index (χ0) is 18.5. The summed E-state index contributed by atoms with van der Waals surface area (Å²) in [4.78, 5) is 23.6. The van der Waals surface area contributed by atoms with Crippen LogP contribution in [0.15, 0.2) is 36.4 Å². The van der Waals surface area contributed by atoms with Crippen LogP contribution in [-0.2, 0) is 11.0 Å². The van der Waals surface area contributed by atoms with Crippen LogP contribution in [0.4, 0.5) is 13.2 Å². The van der Waals surface area contributed by atoms with E-state index in [-0.39, 0.29) is 16.7 Å². The second-order valence-corrected chi connectivity index (χ2v) is 5.63. The minimum absolute atomic E-state index is 0.0448. The van der Waals surface area contributed by atoms with Crippen LogP contribution in [0.2, 0.25) is 0 Å². The highest BCUT2D eigenvalue weighted by Crippen LogP contribution is 2.43. The molecule has 0 aliphatic heterocycles. The first-order valence-electron chi connectivity index (χ1n) is 7.15. The molecular formula is C18H11F3O4. The Kier molecular flexibility index (Phi) is 3.67. The van der Waals surface area contributed by atoms with E-state index in [1.807, 2.05) is 0 Å². The van der Waals surface area contributed by atoms with Crippen molar-refractivity contribution in [3.8, 4) is 5.75 Å². The van der Waals surface area contributed by atoms with Crippen molar-refractivity contribution in [2.75, 3.05) is 0 Å². The topological polar surface area (TPSA) is 74.6 Å². The van der Waals surface area contributed by atoms with E-state index >= 15 is 0 Å². The number of aromatic hydroxyl groups is 1. The van der Waals surface area contributed by atoms with Crippen LogP contribution in [0.3, 0.4) is 0 Å². The molecule has 0 radical (unpaired) electrons. The number of carbonyl (C=O) groups is 2. The summed E-state index contributed by atoms with van der Waals surface area (Å²) in [5, 5.41) is 19.1. The minimum Gasteiger partial charge on any atom is -0.507 e. The minimum atomic E-state index is -4.59. The molecule has 0 bridgehead atoms.